The van der Waals surface area contributed by atoms with Crippen LogP contribution >= 0.6 is 11.6 Å². The van der Waals surface area contributed by atoms with Gasteiger partial charge in [-0.25, -0.2) is 13.8 Å². The summed E-state index contributed by atoms with van der Waals surface area (Å²) in [5, 5.41) is 15.3. The minimum absolute atomic E-state index is 0.160. The molecule has 0 radical (unpaired) electrons. The van der Waals surface area contributed by atoms with E-state index in [4.69, 9.17) is 11.6 Å². The van der Waals surface area contributed by atoms with Crippen molar-refractivity contribution in [2.75, 3.05) is 5.32 Å². The number of anilines is 1. The summed E-state index contributed by atoms with van der Waals surface area (Å²) in [6.45, 7) is 0.344. The van der Waals surface area contributed by atoms with Crippen LogP contribution in [0.5, 0.6) is 0 Å². The van der Waals surface area contributed by atoms with Gasteiger partial charge in [0.25, 0.3) is 0 Å². The van der Waals surface area contributed by atoms with Crippen molar-refractivity contribution in [3.63, 3.8) is 0 Å². The van der Waals surface area contributed by atoms with E-state index in [0.29, 0.717) is 12.4 Å². The number of para-hydroxylation sites is 1. The molecule has 140 valence electrons. The van der Waals surface area contributed by atoms with Crippen molar-refractivity contribution < 1.29 is 9.18 Å². The third kappa shape index (κ3) is 3.77. The Labute approximate surface area is 164 Å². The van der Waals surface area contributed by atoms with Crippen LogP contribution in [0, 0.1) is 5.82 Å². The Morgan fingerprint density at radius 3 is 2.93 bits per heavy atom. The maximum Gasteiger partial charge on any atom is 0.248 e. The molecule has 2 aromatic carbocycles. The number of benzene rings is 2. The Hall–Kier alpha value is -3.52. The standard InChI is InChI=1S/C19H14ClFN6O/c20-15-4-3-5-16(21)14(15)8-9-19(28)23-13-10-22-26(11-13)12-27-18-7-2-1-6-17(18)24-25-27/h1-11H,12H2,(H,23,28). The lowest BCUT2D eigenvalue weighted by Gasteiger charge is -2.02. The number of fused-ring (bicyclic) bond motifs is 1. The largest absolute Gasteiger partial charge is 0.320 e. The van der Waals surface area contributed by atoms with E-state index in [2.05, 4.69) is 20.7 Å². The first-order valence-corrected chi connectivity index (χ1v) is 8.72. The number of carbonyl (C=O) groups excluding carboxylic acids is 1. The van der Waals surface area contributed by atoms with Crippen LogP contribution in [0.4, 0.5) is 10.1 Å². The molecule has 1 N–H and O–H groups in total. The van der Waals surface area contributed by atoms with Crippen molar-refractivity contribution in [2.24, 2.45) is 0 Å². The fourth-order valence-electron chi connectivity index (χ4n) is 2.68. The average Bonchev–Trinajstić information content (AvgIpc) is 3.29. The van der Waals surface area contributed by atoms with E-state index in [1.165, 1.54) is 30.5 Å². The number of nitrogens with one attached hydrogen (secondary N) is 1. The fourth-order valence-corrected chi connectivity index (χ4v) is 2.90. The molecular weight excluding hydrogens is 383 g/mol. The van der Waals surface area contributed by atoms with Crippen LogP contribution in [0.25, 0.3) is 17.1 Å². The number of nitrogens with zero attached hydrogens (tertiary/aromatic N) is 5. The summed E-state index contributed by atoms with van der Waals surface area (Å²) in [5.74, 6) is -0.922. The minimum atomic E-state index is -0.496. The van der Waals surface area contributed by atoms with Gasteiger partial charge in [-0.3, -0.25) is 4.79 Å². The predicted octanol–water partition coefficient (Wildman–Crippen LogP) is 3.58. The quantitative estimate of drug-likeness (QED) is 0.523. The maximum atomic E-state index is 13.7. The highest BCUT2D eigenvalue weighted by molar-refractivity contribution is 6.32. The number of rotatable bonds is 5. The van der Waals surface area contributed by atoms with Crippen molar-refractivity contribution >= 4 is 40.3 Å². The van der Waals surface area contributed by atoms with E-state index in [-0.39, 0.29) is 10.6 Å². The van der Waals surface area contributed by atoms with E-state index in [9.17, 15) is 9.18 Å². The zero-order valence-corrected chi connectivity index (χ0v) is 15.2. The molecule has 4 rings (SSSR count). The molecule has 0 fully saturated rings. The molecule has 1 amide bonds. The number of hydrogen-bond acceptors (Lipinski definition) is 4. The third-order valence-corrected chi connectivity index (χ3v) is 4.33. The molecule has 28 heavy (non-hydrogen) atoms. The molecule has 0 unspecified atom stereocenters. The van der Waals surface area contributed by atoms with Crippen LogP contribution in [0.2, 0.25) is 5.02 Å². The number of halogens is 2. The zero-order valence-electron chi connectivity index (χ0n) is 14.5. The molecule has 4 aromatic rings. The van der Waals surface area contributed by atoms with Crippen molar-refractivity contribution in [3.05, 3.63) is 77.3 Å². The Bertz CT molecular complexity index is 1160. The highest BCUT2D eigenvalue weighted by Gasteiger charge is 2.07. The number of hydrogen-bond donors (Lipinski definition) is 1. The number of amides is 1. The van der Waals surface area contributed by atoms with Gasteiger partial charge < -0.3 is 5.32 Å². The van der Waals surface area contributed by atoms with Gasteiger partial charge in [0.05, 0.1) is 28.6 Å². The van der Waals surface area contributed by atoms with Crippen LogP contribution in [0.1, 0.15) is 5.56 Å². The van der Waals surface area contributed by atoms with Gasteiger partial charge in [-0.05, 0) is 30.3 Å². The maximum absolute atomic E-state index is 13.7. The summed E-state index contributed by atoms with van der Waals surface area (Å²) >= 11 is 5.94. The zero-order chi connectivity index (χ0) is 19.5. The van der Waals surface area contributed by atoms with E-state index >= 15 is 0 Å². The molecule has 0 spiro atoms. The first-order chi connectivity index (χ1) is 13.6. The first kappa shape index (κ1) is 17.9. The summed E-state index contributed by atoms with van der Waals surface area (Å²) in [4.78, 5) is 12.1. The van der Waals surface area contributed by atoms with E-state index in [1.54, 1.807) is 21.6 Å². The van der Waals surface area contributed by atoms with Crippen molar-refractivity contribution in [2.45, 2.75) is 6.67 Å². The van der Waals surface area contributed by atoms with Crippen LogP contribution in [0.15, 0.2) is 60.9 Å². The first-order valence-electron chi connectivity index (χ1n) is 8.34. The molecule has 9 heteroatoms. The van der Waals surface area contributed by atoms with Gasteiger partial charge in [0.15, 0.2) is 0 Å². The van der Waals surface area contributed by atoms with Gasteiger partial charge >= 0.3 is 0 Å². The lowest BCUT2D eigenvalue weighted by atomic mass is 10.2. The molecule has 0 bridgehead atoms. The molecule has 0 aliphatic heterocycles. The molecule has 0 aliphatic rings. The van der Waals surface area contributed by atoms with Gasteiger partial charge in [0.1, 0.15) is 18.0 Å². The number of carbonyl (C=O) groups is 1. The SMILES string of the molecule is O=C(C=Cc1c(F)cccc1Cl)Nc1cnn(Cn2nnc3ccccc32)c1. The van der Waals surface area contributed by atoms with Crippen molar-refractivity contribution in [1.29, 1.82) is 0 Å². The molecule has 0 saturated carbocycles. The molecule has 0 aliphatic carbocycles. The Balaban J connectivity index is 1.43. The molecule has 2 heterocycles. The van der Waals surface area contributed by atoms with E-state index in [1.807, 2.05) is 24.3 Å². The normalized spacial score (nSPS) is 11.4. The Kier molecular flexibility index (Phi) is 4.86. The summed E-state index contributed by atoms with van der Waals surface area (Å²) in [6, 6.07) is 11.9. The monoisotopic (exact) mass is 396 g/mol. The smallest absolute Gasteiger partial charge is 0.248 e. The summed E-state index contributed by atoms with van der Waals surface area (Å²) in [6.07, 6.45) is 5.73. The van der Waals surface area contributed by atoms with Gasteiger partial charge in [-0.2, -0.15) is 5.10 Å². The fraction of sp³-hybridized carbons (Fsp3) is 0.0526. The van der Waals surface area contributed by atoms with Crippen LogP contribution < -0.4 is 5.32 Å². The molecular formula is C19H14ClFN6O. The molecule has 2 aromatic heterocycles. The van der Waals surface area contributed by atoms with Gasteiger partial charge in [-0.15, -0.1) is 5.10 Å². The minimum Gasteiger partial charge on any atom is -0.320 e. The summed E-state index contributed by atoms with van der Waals surface area (Å²) in [5.41, 5.74) is 2.33. The lowest BCUT2D eigenvalue weighted by Crippen LogP contribution is -2.10. The van der Waals surface area contributed by atoms with Crippen LogP contribution in [0.3, 0.4) is 0 Å². The van der Waals surface area contributed by atoms with Crippen LogP contribution in [-0.4, -0.2) is 30.7 Å². The highest BCUT2D eigenvalue weighted by Crippen LogP contribution is 2.20. The molecule has 7 nitrogen and oxygen atoms in total. The van der Waals surface area contributed by atoms with Gasteiger partial charge in [0, 0.05) is 11.6 Å². The Morgan fingerprint density at radius 1 is 1.21 bits per heavy atom. The summed E-state index contributed by atoms with van der Waals surface area (Å²) in [7, 11) is 0. The second kappa shape index (κ2) is 7.61. The number of aromatic nitrogens is 5. The second-order valence-corrected chi connectivity index (χ2v) is 6.35. The van der Waals surface area contributed by atoms with E-state index in [0.717, 1.165) is 11.0 Å². The third-order valence-electron chi connectivity index (χ3n) is 4.00. The van der Waals surface area contributed by atoms with Gasteiger partial charge in [0.2, 0.25) is 5.91 Å². The average molecular weight is 397 g/mol. The predicted molar refractivity (Wildman–Crippen MR) is 104 cm³/mol. The van der Waals surface area contributed by atoms with Crippen LogP contribution in [-0.2, 0) is 11.5 Å². The molecule has 0 saturated heterocycles. The van der Waals surface area contributed by atoms with E-state index < -0.39 is 11.7 Å². The summed E-state index contributed by atoms with van der Waals surface area (Å²) < 4.78 is 17.1. The van der Waals surface area contributed by atoms with Crippen molar-refractivity contribution in [3.8, 4) is 0 Å². The highest BCUT2D eigenvalue weighted by atomic mass is 35.5. The molecule has 0 atom stereocenters. The Morgan fingerprint density at radius 2 is 2.07 bits per heavy atom. The topological polar surface area (TPSA) is 77.6 Å². The second-order valence-electron chi connectivity index (χ2n) is 5.95. The lowest BCUT2D eigenvalue weighted by molar-refractivity contribution is -0.111. The van der Waals surface area contributed by atoms with Gasteiger partial charge in [-0.1, -0.05) is 35.0 Å². The van der Waals surface area contributed by atoms with Crippen molar-refractivity contribution in [1.82, 2.24) is 24.8 Å².